The molecule has 0 amide bonds. The van der Waals surface area contributed by atoms with Crippen LogP contribution in [0.3, 0.4) is 0 Å². The van der Waals surface area contributed by atoms with E-state index in [0.29, 0.717) is 28.8 Å². The van der Waals surface area contributed by atoms with Gasteiger partial charge in [0.25, 0.3) is 0 Å². The lowest BCUT2D eigenvalue weighted by atomic mass is 9.99. The standard InChI is InChI=1S/C21H22N6OS3/c1-10-22-9-16(29-10)11-5-15(28)17(23-8-11)18-25-19-20(30-18)26-21(31-19)27(2)14-6-12-3-4-13(7-14)24-12/h5,8-9,12-14,24,28H,3-4,6-7H2,1-2H3/t12-,13+,14-. The van der Waals surface area contributed by atoms with Gasteiger partial charge in [0.05, 0.1) is 9.88 Å². The maximum atomic E-state index is 10.6. The number of piperidine rings is 1. The summed E-state index contributed by atoms with van der Waals surface area (Å²) in [6, 6.07) is 3.58. The molecule has 2 saturated heterocycles. The maximum Gasteiger partial charge on any atom is 0.188 e. The molecule has 4 aromatic heterocycles. The van der Waals surface area contributed by atoms with Crippen molar-refractivity contribution < 1.29 is 5.11 Å². The highest BCUT2D eigenvalue weighted by atomic mass is 32.1. The Balaban J connectivity index is 1.25. The number of anilines is 1. The molecule has 2 aliphatic heterocycles. The number of hydrogen-bond acceptors (Lipinski definition) is 10. The van der Waals surface area contributed by atoms with Crippen LogP contribution in [0.25, 0.3) is 30.8 Å². The largest absolute Gasteiger partial charge is 0.506 e. The van der Waals surface area contributed by atoms with Crippen LogP contribution in [0.2, 0.25) is 0 Å². The predicted octanol–water partition coefficient (Wildman–Crippen LogP) is 4.67. The Kier molecular flexibility index (Phi) is 4.71. The smallest absolute Gasteiger partial charge is 0.188 e. The normalized spacial score (nSPS) is 23.0. The maximum absolute atomic E-state index is 10.6. The van der Waals surface area contributed by atoms with E-state index < -0.39 is 0 Å². The molecule has 31 heavy (non-hydrogen) atoms. The SMILES string of the molecule is Cc1ncc(-c2cnc(-c3nc4sc(N(C)[C@@H]5C[C@H]6CC[C@@H](C5)N6)nc4s3)c(O)c2)s1. The van der Waals surface area contributed by atoms with Crippen molar-refractivity contribution in [3.8, 4) is 26.9 Å². The van der Waals surface area contributed by atoms with Crippen LogP contribution < -0.4 is 10.2 Å². The number of aromatic nitrogens is 4. The van der Waals surface area contributed by atoms with E-state index in [2.05, 4.69) is 27.2 Å². The molecule has 2 N–H and O–H groups in total. The van der Waals surface area contributed by atoms with Gasteiger partial charge in [0.1, 0.15) is 16.5 Å². The first-order chi connectivity index (χ1) is 15.0. The zero-order valence-corrected chi connectivity index (χ0v) is 19.7. The highest BCUT2D eigenvalue weighted by Gasteiger charge is 2.36. The lowest BCUT2D eigenvalue weighted by molar-refractivity contribution is 0.354. The molecule has 4 aromatic rings. The zero-order valence-electron chi connectivity index (χ0n) is 17.2. The van der Waals surface area contributed by atoms with Gasteiger partial charge in [-0.05, 0) is 38.7 Å². The highest BCUT2D eigenvalue weighted by Crippen LogP contribution is 2.40. The summed E-state index contributed by atoms with van der Waals surface area (Å²) in [6.07, 6.45) is 8.54. The molecule has 2 fully saturated rings. The lowest BCUT2D eigenvalue weighted by Crippen LogP contribution is -2.47. The van der Waals surface area contributed by atoms with E-state index in [-0.39, 0.29) is 5.75 Å². The number of thiazole rings is 3. The molecular weight excluding hydrogens is 448 g/mol. The van der Waals surface area contributed by atoms with E-state index in [0.717, 1.165) is 30.2 Å². The van der Waals surface area contributed by atoms with Gasteiger partial charge in [-0.3, -0.25) is 0 Å². The van der Waals surface area contributed by atoms with Crippen LogP contribution in [0, 0.1) is 6.92 Å². The minimum absolute atomic E-state index is 0.132. The average Bonchev–Trinajstić information content (AvgIpc) is 3.51. The van der Waals surface area contributed by atoms with Gasteiger partial charge in [0.2, 0.25) is 0 Å². The Labute approximate surface area is 191 Å². The van der Waals surface area contributed by atoms with Crippen LogP contribution in [0.15, 0.2) is 18.5 Å². The number of nitrogens with one attached hydrogen (secondary N) is 1. The summed E-state index contributed by atoms with van der Waals surface area (Å²) in [5, 5.41) is 17.0. The first-order valence-electron chi connectivity index (χ1n) is 10.4. The van der Waals surface area contributed by atoms with Gasteiger partial charge in [-0.25, -0.2) is 19.9 Å². The van der Waals surface area contributed by atoms with Crippen molar-refractivity contribution in [3.63, 3.8) is 0 Å². The topological polar surface area (TPSA) is 87.1 Å². The third-order valence-electron chi connectivity index (χ3n) is 6.24. The second-order valence-corrected chi connectivity index (χ2v) is 11.5. The first-order valence-corrected chi connectivity index (χ1v) is 12.9. The lowest BCUT2D eigenvalue weighted by Gasteiger charge is -2.35. The van der Waals surface area contributed by atoms with E-state index in [9.17, 15) is 5.11 Å². The van der Waals surface area contributed by atoms with Crippen molar-refractivity contribution in [1.82, 2.24) is 25.3 Å². The van der Waals surface area contributed by atoms with Crippen LogP contribution >= 0.6 is 34.0 Å². The van der Waals surface area contributed by atoms with E-state index >= 15 is 0 Å². The van der Waals surface area contributed by atoms with E-state index in [1.165, 1.54) is 37.0 Å². The second-order valence-electron chi connectivity index (χ2n) is 8.34. The van der Waals surface area contributed by atoms with Gasteiger partial charge < -0.3 is 15.3 Å². The summed E-state index contributed by atoms with van der Waals surface area (Å²) in [4.78, 5) is 23.5. The number of pyridine rings is 1. The zero-order chi connectivity index (χ0) is 21.1. The van der Waals surface area contributed by atoms with Crippen molar-refractivity contribution in [2.45, 2.75) is 50.7 Å². The van der Waals surface area contributed by atoms with E-state index in [1.807, 2.05) is 13.1 Å². The summed E-state index contributed by atoms with van der Waals surface area (Å²) < 4.78 is 0. The molecule has 3 atom stereocenters. The first kappa shape index (κ1) is 19.5. The van der Waals surface area contributed by atoms with Crippen molar-refractivity contribution in [2.75, 3.05) is 11.9 Å². The average molecular weight is 471 g/mol. The number of fused-ring (bicyclic) bond motifs is 3. The Bertz CT molecular complexity index is 1220. The molecule has 2 bridgehead atoms. The molecule has 0 unspecified atom stereocenters. The van der Waals surface area contributed by atoms with Crippen LogP contribution in [0.4, 0.5) is 5.13 Å². The van der Waals surface area contributed by atoms with Crippen LogP contribution in [-0.2, 0) is 0 Å². The molecule has 0 saturated carbocycles. The minimum atomic E-state index is 0.132. The van der Waals surface area contributed by atoms with Crippen LogP contribution in [0.1, 0.15) is 30.7 Å². The summed E-state index contributed by atoms with van der Waals surface area (Å²) in [5.41, 5.74) is 1.37. The molecule has 160 valence electrons. The fraction of sp³-hybridized carbons (Fsp3) is 0.429. The van der Waals surface area contributed by atoms with Gasteiger partial charge in [0, 0.05) is 43.1 Å². The molecule has 6 heterocycles. The molecule has 0 radical (unpaired) electrons. The fourth-order valence-corrected chi connectivity index (χ4v) is 7.47. The number of rotatable bonds is 4. The van der Waals surface area contributed by atoms with Gasteiger partial charge in [-0.15, -0.1) is 11.3 Å². The van der Waals surface area contributed by atoms with Crippen molar-refractivity contribution in [2.24, 2.45) is 0 Å². The Morgan fingerprint density at radius 3 is 2.48 bits per heavy atom. The van der Waals surface area contributed by atoms with E-state index in [1.54, 1.807) is 34.9 Å². The number of nitrogens with zero attached hydrogens (tertiary/aromatic N) is 5. The summed E-state index contributed by atoms with van der Waals surface area (Å²) in [7, 11) is 2.16. The summed E-state index contributed by atoms with van der Waals surface area (Å²) >= 11 is 4.69. The number of aryl methyl sites for hydroxylation is 1. The van der Waals surface area contributed by atoms with Crippen molar-refractivity contribution >= 4 is 48.8 Å². The van der Waals surface area contributed by atoms with Gasteiger partial charge in [-0.2, -0.15) is 0 Å². The van der Waals surface area contributed by atoms with Crippen LogP contribution in [0.5, 0.6) is 5.75 Å². The molecule has 0 aromatic carbocycles. The molecule has 0 aliphatic carbocycles. The van der Waals surface area contributed by atoms with Crippen LogP contribution in [-0.4, -0.2) is 50.2 Å². The van der Waals surface area contributed by atoms with Gasteiger partial charge >= 0.3 is 0 Å². The predicted molar refractivity (Wildman–Crippen MR) is 127 cm³/mol. The third-order valence-corrected chi connectivity index (χ3v) is 9.32. The third kappa shape index (κ3) is 3.51. The Morgan fingerprint density at radius 1 is 1.03 bits per heavy atom. The Hall–Kier alpha value is -2.14. The van der Waals surface area contributed by atoms with E-state index in [4.69, 9.17) is 9.97 Å². The summed E-state index contributed by atoms with van der Waals surface area (Å²) in [5.74, 6) is 0.132. The quantitative estimate of drug-likeness (QED) is 0.448. The molecular formula is C21H22N6OS3. The molecule has 7 nitrogen and oxygen atoms in total. The Morgan fingerprint density at radius 2 is 1.81 bits per heavy atom. The minimum Gasteiger partial charge on any atom is -0.506 e. The number of aromatic hydroxyl groups is 1. The fourth-order valence-electron chi connectivity index (χ4n) is 4.63. The van der Waals surface area contributed by atoms with Gasteiger partial charge in [0.15, 0.2) is 14.8 Å². The summed E-state index contributed by atoms with van der Waals surface area (Å²) in [6.45, 7) is 1.96. The van der Waals surface area contributed by atoms with Crippen molar-refractivity contribution in [3.05, 3.63) is 23.5 Å². The highest BCUT2D eigenvalue weighted by molar-refractivity contribution is 7.29. The monoisotopic (exact) mass is 470 g/mol. The second kappa shape index (κ2) is 7.47. The molecule has 6 rings (SSSR count). The number of hydrogen-bond donors (Lipinski definition) is 2. The molecule has 0 spiro atoms. The van der Waals surface area contributed by atoms with Crippen molar-refractivity contribution in [1.29, 1.82) is 0 Å². The van der Waals surface area contributed by atoms with Gasteiger partial charge in [-0.1, -0.05) is 22.7 Å². The molecule has 2 aliphatic rings. The molecule has 10 heteroatoms.